The van der Waals surface area contributed by atoms with Gasteiger partial charge < -0.3 is 5.11 Å². The number of nitrogens with zero attached hydrogens (tertiary/aromatic N) is 1. The van der Waals surface area contributed by atoms with Crippen LogP contribution in [0, 0.1) is 0 Å². The monoisotopic (exact) mass is 299 g/mol. The molecule has 0 aliphatic heterocycles. The van der Waals surface area contributed by atoms with Gasteiger partial charge in [-0.2, -0.15) is 0 Å². The maximum atomic E-state index is 12.1. The lowest BCUT2D eigenvalue weighted by Gasteiger charge is -2.21. The summed E-state index contributed by atoms with van der Waals surface area (Å²) in [6.07, 6.45) is -0.193. The van der Waals surface area contributed by atoms with Crippen molar-refractivity contribution >= 4 is 27.7 Å². The zero-order valence-electron chi connectivity index (χ0n) is 9.68. The molecule has 1 unspecified atom stereocenters. The molecule has 0 saturated carbocycles. The van der Waals surface area contributed by atoms with Crippen LogP contribution in [-0.2, 0) is 4.79 Å². The van der Waals surface area contributed by atoms with Crippen LogP contribution in [0.1, 0.15) is 16.8 Å². The van der Waals surface area contributed by atoms with E-state index in [1.807, 2.05) is 0 Å². The highest BCUT2D eigenvalue weighted by molar-refractivity contribution is 9.10. The Morgan fingerprint density at radius 1 is 1.29 bits per heavy atom. The standard InChI is InChI=1S/C12H14BrNO3/c1-14(2)10(7-11(15)16)12(17)8-3-5-9(13)6-4-8/h3-6,10H,7H2,1-2H3,(H,15,16). The fraction of sp³-hybridized carbons (Fsp3) is 0.333. The first-order chi connectivity index (χ1) is 7.91. The lowest BCUT2D eigenvalue weighted by atomic mass is 10.0. The van der Waals surface area contributed by atoms with Crippen molar-refractivity contribution in [3.05, 3.63) is 34.3 Å². The van der Waals surface area contributed by atoms with Gasteiger partial charge in [0.05, 0.1) is 12.5 Å². The number of ketones is 1. The molecule has 0 aromatic heterocycles. The van der Waals surface area contributed by atoms with Crippen molar-refractivity contribution in [3.63, 3.8) is 0 Å². The van der Waals surface area contributed by atoms with Crippen molar-refractivity contribution in [2.75, 3.05) is 14.1 Å². The number of aliphatic carboxylic acids is 1. The van der Waals surface area contributed by atoms with Gasteiger partial charge >= 0.3 is 5.97 Å². The minimum absolute atomic E-state index is 0.176. The van der Waals surface area contributed by atoms with E-state index in [9.17, 15) is 9.59 Å². The van der Waals surface area contributed by atoms with E-state index >= 15 is 0 Å². The van der Waals surface area contributed by atoms with Gasteiger partial charge in [0.2, 0.25) is 0 Å². The summed E-state index contributed by atoms with van der Waals surface area (Å²) in [5.41, 5.74) is 0.521. The van der Waals surface area contributed by atoms with Gasteiger partial charge in [0.25, 0.3) is 0 Å². The molecule has 1 aromatic carbocycles. The molecule has 1 aromatic rings. The van der Waals surface area contributed by atoms with Gasteiger partial charge in [0, 0.05) is 10.0 Å². The molecule has 1 N–H and O–H groups in total. The largest absolute Gasteiger partial charge is 0.481 e. The van der Waals surface area contributed by atoms with Crippen LogP contribution in [0.15, 0.2) is 28.7 Å². The van der Waals surface area contributed by atoms with Crippen LogP contribution in [0.3, 0.4) is 0 Å². The van der Waals surface area contributed by atoms with Crippen LogP contribution in [0.5, 0.6) is 0 Å². The van der Waals surface area contributed by atoms with Crippen LogP contribution < -0.4 is 0 Å². The summed E-state index contributed by atoms with van der Waals surface area (Å²) >= 11 is 3.28. The Morgan fingerprint density at radius 2 is 1.82 bits per heavy atom. The van der Waals surface area contributed by atoms with Gasteiger partial charge in [-0.3, -0.25) is 14.5 Å². The number of halogens is 1. The van der Waals surface area contributed by atoms with Gasteiger partial charge in [0.15, 0.2) is 5.78 Å². The van der Waals surface area contributed by atoms with Crippen LogP contribution in [0.4, 0.5) is 0 Å². The first kappa shape index (κ1) is 13.9. The smallest absolute Gasteiger partial charge is 0.305 e. The molecule has 0 fully saturated rings. The van der Waals surface area contributed by atoms with E-state index in [2.05, 4.69) is 15.9 Å². The van der Waals surface area contributed by atoms with E-state index in [1.54, 1.807) is 43.3 Å². The van der Waals surface area contributed by atoms with Crippen molar-refractivity contribution in [1.82, 2.24) is 4.90 Å². The molecule has 0 aliphatic rings. The molecule has 17 heavy (non-hydrogen) atoms. The fourth-order valence-electron chi connectivity index (χ4n) is 1.48. The Morgan fingerprint density at radius 3 is 2.24 bits per heavy atom. The van der Waals surface area contributed by atoms with Gasteiger partial charge in [-0.05, 0) is 26.2 Å². The highest BCUT2D eigenvalue weighted by Gasteiger charge is 2.24. The van der Waals surface area contributed by atoms with Crippen molar-refractivity contribution in [2.24, 2.45) is 0 Å². The predicted octanol–water partition coefficient (Wildman–Crippen LogP) is 2.04. The summed E-state index contributed by atoms with van der Waals surface area (Å²) in [5, 5.41) is 8.79. The lowest BCUT2D eigenvalue weighted by molar-refractivity contribution is -0.137. The Bertz CT molecular complexity index is 414. The van der Waals surface area contributed by atoms with Gasteiger partial charge in [0.1, 0.15) is 0 Å². The molecule has 0 aliphatic carbocycles. The Labute approximate surface area is 108 Å². The number of hydrogen-bond acceptors (Lipinski definition) is 3. The molecule has 1 rings (SSSR count). The number of carboxylic acid groups (broad SMARTS) is 1. The van der Waals surface area contributed by atoms with E-state index in [1.165, 1.54) is 0 Å². The number of benzene rings is 1. The van der Waals surface area contributed by atoms with Crippen LogP contribution >= 0.6 is 15.9 Å². The Balaban J connectivity index is 2.91. The summed E-state index contributed by atoms with van der Waals surface area (Å²) in [5.74, 6) is -1.15. The molecule has 92 valence electrons. The van der Waals surface area contributed by atoms with Crippen molar-refractivity contribution < 1.29 is 14.7 Å². The molecule has 4 nitrogen and oxygen atoms in total. The van der Waals surface area contributed by atoms with E-state index in [0.717, 1.165) is 4.47 Å². The number of rotatable bonds is 5. The van der Waals surface area contributed by atoms with Crippen LogP contribution in [0.25, 0.3) is 0 Å². The molecule has 0 spiro atoms. The van der Waals surface area contributed by atoms with E-state index < -0.39 is 12.0 Å². The topological polar surface area (TPSA) is 57.6 Å². The third kappa shape index (κ3) is 3.94. The number of carbonyl (C=O) groups is 2. The Kier molecular flexibility index (Phi) is 4.84. The summed E-state index contributed by atoms with van der Waals surface area (Å²) in [7, 11) is 3.40. The molecule has 0 saturated heterocycles. The molecular weight excluding hydrogens is 286 g/mol. The number of Topliss-reactive ketones (excluding diaryl/α,β-unsaturated/α-hetero) is 1. The molecular formula is C12H14BrNO3. The second-order valence-electron chi connectivity index (χ2n) is 3.95. The number of likely N-dealkylation sites (N-methyl/N-ethyl adjacent to an activating group) is 1. The molecule has 0 radical (unpaired) electrons. The zero-order valence-corrected chi connectivity index (χ0v) is 11.3. The molecule has 0 heterocycles. The number of carboxylic acids is 1. The van der Waals surface area contributed by atoms with Gasteiger partial charge in [-0.15, -0.1) is 0 Å². The third-order valence-electron chi connectivity index (χ3n) is 2.42. The highest BCUT2D eigenvalue weighted by Crippen LogP contribution is 2.14. The summed E-state index contributed by atoms with van der Waals surface area (Å²) in [4.78, 5) is 24.5. The minimum Gasteiger partial charge on any atom is -0.481 e. The predicted molar refractivity (Wildman–Crippen MR) is 68.2 cm³/mol. The summed E-state index contributed by atoms with van der Waals surface area (Å²) in [6, 6.07) is 6.27. The average Bonchev–Trinajstić information content (AvgIpc) is 2.25. The second-order valence-corrected chi connectivity index (χ2v) is 4.86. The van der Waals surface area contributed by atoms with Gasteiger partial charge in [-0.25, -0.2) is 0 Å². The van der Waals surface area contributed by atoms with Crippen LogP contribution in [0.2, 0.25) is 0 Å². The number of hydrogen-bond donors (Lipinski definition) is 1. The third-order valence-corrected chi connectivity index (χ3v) is 2.95. The van der Waals surface area contributed by atoms with Gasteiger partial charge in [-0.1, -0.05) is 28.1 Å². The lowest BCUT2D eigenvalue weighted by Crippen LogP contribution is -2.37. The number of carbonyl (C=O) groups excluding carboxylic acids is 1. The van der Waals surface area contributed by atoms with Crippen molar-refractivity contribution in [3.8, 4) is 0 Å². The van der Waals surface area contributed by atoms with E-state index in [4.69, 9.17) is 5.11 Å². The second kappa shape index (κ2) is 5.93. The minimum atomic E-state index is -0.978. The summed E-state index contributed by atoms with van der Waals surface area (Å²) < 4.78 is 0.883. The SMILES string of the molecule is CN(C)C(CC(=O)O)C(=O)c1ccc(Br)cc1. The quantitative estimate of drug-likeness (QED) is 0.845. The maximum absolute atomic E-state index is 12.1. The summed E-state index contributed by atoms with van der Waals surface area (Å²) in [6.45, 7) is 0. The molecule has 0 amide bonds. The van der Waals surface area contributed by atoms with Crippen LogP contribution in [-0.4, -0.2) is 41.9 Å². The molecule has 5 heteroatoms. The first-order valence-corrected chi connectivity index (χ1v) is 5.89. The highest BCUT2D eigenvalue weighted by atomic mass is 79.9. The van der Waals surface area contributed by atoms with E-state index in [-0.39, 0.29) is 12.2 Å². The van der Waals surface area contributed by atoms with Crippen molar-refractivity contribution in [1.29, 1.82) is 0 Å². The average molecular weight is 300 g/mol. The maximum Gasteiger partial charge on any atom is 0.305 e. The Hall–Kier alpha value is -1.20. The molecule has 1 atom stereocenters. The molecule has 0 bridgehead atoms. The zero-order chi connectivity index (χ0) is 13.0. The first-order valence-electron chi connectivity index (χ1n) is 5.10. The van der Waals surface area contributed by atoms with E-state index in [0.29, 0.717) is 5.56 Å². The van der Waals surface area contributed by atoms with Crippen molar-refractivity contribution in [2.45, 2.75) is 12.5 Å². The fourth-order valence-corrected chi connectivity index (χ4v) is 1.75. The normalized spacial score (nSPS) is 12.5.